The molecule has 0 N–H and O–H groups in total. The van der Waals surface area contributed by atoms with Gasteiger partial charge in [-0.2, -0.15) is 0 Å². The lowest BCUT2D eigenvalue weighted by molar-refractivity contribution is 0.732. The second-order valence-electron chi connectivity index (χ2n) is 13.1. The highest BCUT2D eigenvalue weighted by Gasteiger charge is 2.19. The molecule has 0 radical (unpaired) electrons. The van der Waals surface area contributed by atoms with Gasteiger partial charge in [-0.15, -0.1) is 0 Å². The van der Waals surface area contributed by atoms with Gasteiger partial charge in [0.1, 0.15) is 0 Å². The Kier molecular flexibility index (Phi) is 8.63. The molecular formula is C47H41N3. The molecule has 0 fully saturated rings. The second-order valence-corrected chi connectivity index (χ2v) is 13.1. The van der Waals surface area contributed by atoms with Crippen molar-refractivity contribution in [2.24, 2.45) is 0 Å². The van der Waals surface area contributed by atoms with Crippen molar-refractivity contribution in [3.05, 3.63) is 193 Å². The van der Waals surface area contributed by atoms with Crippen molar-refractivity contribution in [2.75, 3.05) is 9.80 Å². The molecule has 0 aliphatic carbocycles. The van der Waals surface area contributed by atoms with Crippen LogP contribution in [-0.2, 0) is 6.54 Å². The molecule has 8 rings (SSSR count). The van der Waals surface area contributed by atoms with Crippen LogP contribution in [0.1, 0.15) is 37.3 Å². The molecule has 0 aliphatic heterocycles. The normalized spacial score (nSPS) is 11.9. The van der Waals surface area contributed by atoms with Crippen molar-refractivity contribution >= 4 is 55.9 Å². The predicted molar refractivity (Wildman–Crippen MR) is 213 cm³/mol. The van der Waals surface area contributed by atoms with E-state index in [-0.39, 0.29) is 0 Å². The van der Waals surface area contributed by atoms with Crippen LogP contribution in [0.15, 0.2) is 182 Å². The molecule has 1 heterocycles. The lowest BCUT2D eigenvalue weighted by atomic mass is 9.98. The van der Waals surface area contributed by atoms with E-state index >= 15 is 0 Å². The van der Waals surface area contributed by atoms with Crippen molar-refractivity contribution < 1.29 is 0 Å². The van der Waals surface area contributed by atoms with Crippen molar-refractivity contribution in [3.63, 3.8) is 0 Å². The molecule has 1 aromatic heterocycles. The smallest absolute Gasteiger partial charge is 0.0496 e. The number of aromatic nitrogens is 1. The molecule has 0 spiro atoms. The average molecular weight is 648 g/mol. The summed E-state index contributed by atoms with van der Waals surface area (Å²) in [6, 6.07) is 65.7. The van der Waals surface area contributed by atoms with Gasteiger partial charge in [0.15, 0.2) is 0 Å². The molecule has 0 aliphatic rings. The Labute approximate surface area is 295 Å². The number of rotatable bonds is 10. The average Bonchev–Trinajstić information content (AvgIpc) is 3.48. The van der Waals surface area contributed by atoms with Crippen LogP contribution in [0, 0.1) is 0 Å². The molecule has 7 aromatic carbocycles. The predicted octanol–water partition coefficient (Wildman–Crippen LogP) is 13.3. The Morgan fingerprint density at radius 3 is 1.18 bits per heavy atom. The van der Waals surface area contributed by atoms with Crippen LogP contribution in [0.5, 0.6) is 0 Å². The molecule has 0 bridgehead atoms. The van der Waals surface area contributed by atoms with Gasteiger partial charge in [0, 0.05) is 62.5 Å². The maximum absolute atomic E-state index is 2.49. The summed E-state index contributed by atoms with van der Waals surface area (Å²) < 4.78 is 2.49. The number of hydrogen-bond donors (Lipinski definition) is 0. The van der Waals surface area contributed by atoms with Gasteiger partial charge in [-0.25, -0.2) is 0 Å². The molecule has 1 atom stereocenters. The SMILES string of the molecule is CCC(C)c1ccc(Cn2c3ccc(N(c4ccccc4)c4ccccc4)cc3c3cc(N(c4ccccc4)c4ccccc4)ccc32)cc1. The first-order valence-corrected chi connectivity index (χ1v) is 17.6. The van der Waals surface area contributed by atoms with Gasteiger partial charge >= 0.3 is 0 Å². The fourth-order valence-corrected chi connectivity index (χ4v) is 7.10. The molecule has 0 saturated carbocycles. The highest BCUT2D eigenvalue weighted by Crippen LogP contribution is 2.42. The number of para-hydroxylation sites is 4. The first-order valence-electron chi connectivity index (χ1n) is 17.6. The number of hydrogen-bond acceptors (Lipinski definition) is 2. The summed E-state index contributed by atoms with van der Waals surface area (Å²) in [5, 5.41) is 2.46. The number of nitrogens with zero attached hydrogens (tertiary/aromatic N) is 3. The minimum absolute atomic E-state index is 0.559. The summed E-state index contributed by atoms with van der Waals surface area (Å²) in [5.74, 6) is 0.559. The highest BCUT2D eigenvalue weighted by atomic mass is 15.1. The number of benzene rings is 7. The van der Waals surface area contributed by atoms with Gasteiger partial charge < -0.3 is 14.4 Å². The molecule has 8 aromatic rings. The van der Waals surface area contributed by atoms with E-state index in [1.165, 1.54) is 32.9 Å². The van der Waals surface area contributed by atoms with E-state index in [0.29, 0.717) is 5.92 Å². The van der Waals surface area contributed by atoms with E-state index in [1.54, 1.807) is 0 Å². The second kappa shape index (κ2) is 13.8. The quantitative estimate of drug-likeness (QED) is 0.146. The Balaban J connectivity index is 1.33. The fraction of sp³-hybridized carbons (Fsp3) is 0.106. The zero-order valence-electron chi connectivity index (χ0n) is 28.7. The highest BCUT2D eigenvalue weighted by molar-refractivity contribution is 6.11. The van der Waals surface area contributed by atoms with Gasteiger partial charge in [0.25, 0.3) is 0 Å². The fourth-order valence-electron chi connectivity index (χ4n) is 7.10. The first-order chi connectivity index (χ1) is 24.7. The molecule has 0 saturated heterocycles. The molecule has 3 heteroatoms. The zero-order valence-corrected chi connectivity index (χ0v) is 28.7. The van der Waals surface area contributed by atoms with Crippen molar-refractivity contribution in [3.8, 4) is 0 Å². The lowest BCUT2D eigenvalue weighted by Crippen LogP contribution is -2.09. The van der Waals surface area contributed by atoms with Crippen LogP contribution in [-0.4, -0.2) is 4.57 Å². The van der Waals surface area contributed by atoms with Crippen LogP contribution in [0.2, 0.25) is 0 Å². The largest absolute Gasteiger partial charge is 0.336 e. The summed E-state index contributed by atoms with van der Waals surface area (Å²) in [5.41, 5.74) is 11.9. The Hall–Kier alpha value is -6.06. The summed E-state index contributed by atoms with van der Waals surface area (Å²) >= 11 is 0. The van der Waals surface area contributed by atoms with E-state index in [0.717, 1.165) is 47.1 Å². The van der Waals surface area contributed by atoms with E-state index in [4.69, 9.17) is 0 Å². The van der Waals surface area contributed by atoms with Crippen molar-refractivity contribution in [1.82, 2.24) is 4.57 Å². The van der Waals surface area contributed by atoms with Crippen molar-refractivity contribution in [1.29, 1.82) is 0 Å². The number of fused-ring (bicyclic) bond motifs is 3. The van der Waals surface area contributed by atoms with Gasteiger partial charge in [-0.3, -0.25) is 0 Å². The van der Waals surface area contributed by atoms with E-state index in [9.17, 15) is 0 Å². The van der Waals surface area contributed by atoms with Crippen LogP contribution >= 0.6 is 0 Å². The first kappa shape index (κ1) is 31.2. The van der Waals surface area contributed by atoms with Crippen molar-refractivity contribution in [2.45, 2.75) is 32.7 Å². The van der Waals surface area contributed by atoms with Gasteiger partial charge in [-0.05, 0) is 108 Å². The van der Waals surface area contributed by atoms with Gasteiger partial charge in [0.05, 0.1) is 0 Å². The zero-order chi connectivity index (χ0) is 33.9. The van der Waals surface area contributed by atoms with E-state index in [1.807, 2.05) is 0 Å². The Morgan fingerprint density at radius 1 is 0.440 bits per heavy atom. The molecule has 50 heavy (non-hydrogen) atoms. The minimum atomic E-state index is 0.559. The molecule has 0 amide bonds. The molecular weight excluding hydrogens is 607 g/mol. The molecule has 3 nitrogen and oxygen atoms in total. The standard InChI is InChI=1S/C47H41N3/c1-3-35(2)37-26-24-36(25-27-37)34-48-46-30-28-42(49(38-16-8-4-9-17-38)39-18-10-5-11-19-39)32-44(46)45-33-43(29-31-47(45)48)50(40-20-12-6-13-21-40)41-22-14-7-15-23-41/h4-33,35H,3,34H2,1-2H3. The maximum Gasteiger partial charge on any atom is 0.0496 e. The lowest BCUT2D eigenvalue weighted by Gasteiger charge is -2.26. The monoisotopic (exact) mass is 647 g/mol. The van der Waals surface area contributed by atoms with E-state index in [2.05, 4.69) is 210 Å². The van der Waals surface area contributed by atoms with Crippen LogP contribution in [0.4, 0.5) is 34.1 Å². The van der Waals surface area contributed by atoms with Gasteiger partial charge in [0.2, 0.25) is 0 Å². The Bertz CT molecular complexity index is 2110. The molecule has 1 unspecified atom stereocenters. The minimum Gasteiger partial charge on any atom is -0.336 e. The van der Waals surface area contributed by atoms with Crippen LogP contribution in [0.3, 0.4) is 0 Å². The van der Waals surface area contributed by atoms with E-state index < -0.39 is 0 Å². The third-order valence-corrected chi connectivity index (χ3v) is 9.91. The molecule has 244 valence electrons. The summed E-state index contributed by atoms with van der Waals surface area (Å²) in [7, 11) is 0. The summed E-state index contributed by atoms with van der Waals surface area (Å²) in [6.45, 7) is 5.35. The van der Waals surface area contributed by atoms with Crippen LogP contribution < -0.4 is 9.80 Å². The Morgan fingerprint density at radius 2 is 0.820 bits per heavy atom. The van der Waals surface area contributed by atoms with Gasteiger partial charge in [-0.1, -0.05) is 111 Å². The summed E-state index contributed by atoms with van der Waals surface area (Å²) in [6.07, 6.45) is 1.14. The third-order valence-electron chi connectivity index (χ3n) is 9.91. The topological polar surface area (TPSA) is 11.4 Å². The van der Waals surface area contributed by atoms with Crippen LogP contribution in [0.25, 0.3) is 21.8 Å². The summed E-state index contributed by atoms with van der Waals surface area (Å²) in [4.78, 5) is 4.70. The third kappa shape index (κ3) is 6.03. The maximum atomic E-state index is 2.49. The number of anilines is 6.